The highest BCUT2D eigenvalue weighted by molar-refractivity contribution is 7.14. The summed E-state index contributed by atoms with van der Waals surface area (Å²) in [6.45, 7) is 3.00. The first-order valence-corrected chi connectivity index (χ1v) is 9.15. The van der Waals surface area contributed by atoms with E-state index in [-0.39, 0.29) is 24.2 Å². The van der Waals surface area contributed by atoms with Crippen LogP contribution >= 0.6 is 22.9 Å². The highest BCUT2D eigenvalue weighted by Crippen LogP contribution is 2.32. The van der Waals surface area contributed by atoms with Crippen LogP contribution < -0.4 is 10.1 Å². The molecule has 0 aliphatic carbocycles. The maximum absolute atomic E-state index is 12.3. The molecule has 0 radical (unpaired) electrons. The summed E-state index contributed by atoms with van der Waals surface area (Å²) in [5.74, 6) is 0.129. The van der Waals surface area contributed by atoms with Gasteiger partial charge in [-0.2, -0.15) is 0 Å². The fourth-order valence-electron chi connectivity index (χ4n) is 2.75. The van der Waals surface area contributed by atoms with E-state index < -0.39 is 0 Å². The largest absolute Gasteiger partial charge is 0.495 e. The van der Waals surface area contributed by atoms with Gasteiger partial charge >= 0.3 is 0 Å². The number of amides is 2. The standard InChI is InChI=1S/C17H18ClN3O3S/c1-3-21-8-11(7-15(21)22)16(23)20-17-19-13(9-25-17)10-4-5-14(24-2)12(18)6-10/h4-6,9,11H,3,7-8H2,1-2H3,(H,19,20,23)/t11-/m1/s1. The third-order valence-electron chi connectivity index (χ3n) is 4.15. The Hall–Kier alpha value is -2.12. The number of rotatable bonds is 5. The van der Waals surface area contributed by atoms with E-state index in [2.05, 4.69) is 10.3 Å². The van der Waals surface area contributed by atoms with Crippen molar-refractivity contribution in [2.45, 2.75) is 13.3 Å². The zero-order chi connectivity index (χ0) is 18.0. The maximum Gasteiger partial charge on any atom is 0.231 e. The van der Waals surface area contributed by atoms with Gasteiger partial charge in [0.15, 0.2) is 5.13 Å². The molecule has 1 saturated heterocycles. The van der Waals surface area contributed by atoms with E-state index in [1.807, 2.05) is 18.4 Å². The predicted octanol–water partition coefficient (Wildman–Crippen LogP) is 3.28. The Bertz CT molecular complexity index is 808. The second kappa shape index (κ2) is 7.41. The SMILES string of the molecule is CCN1C[C@H](C(=O)Nc2nc(-c3ccc(OC)c(Cl)c3)cs2)CC1=O. The summed E-state index contributed by atoms with van der Waals surface area (Å²) in [4.78, 5) is 30.2. The molecule has 6 nitrogen and oxygen atoms in total. The first-order valence-electron chi connectivity index (χ1n) is 7.90. The lowest BCUT2D eigenvalue weighted by Gasteiger charge is -2.12. The Balaban J connectivity index is 1.69. The smallest absolute Gasteiger partial charge is 0.231 e. The summed E-state index contributed by atoms with van der Waals surface area (Å²) >= 11 is 7.48. The molecule has 132 valence electrons. The highest BCUT2D eigenvalue weighted by Gasteiger charge is 2.33. The minimum absolute atomic E-state index is 0.0235. The molecule has 1 aromatic heterocycles. The average Bonchev–Trinajstić information content (AvgIpc) is 3.21. The highest BCUT2D eigenvalue weighted by atomic mass is 35.5. The van der Waals surface area contributed by atoms with Gasteiger partial charge in [-0.1, -0.05) is 11.6 Å². The van der Waals surface area contributed by atoms with Crippen molar-refractivity contribution in [3.05, 3.63) is 28.6 Å². The van der Waals surface area contributed by atoms with Crippen LogP contribution in [0.2, 0.25) is 5.02 Å². The third-order valence-corrected chi connectivity index (χ3v) is 5.20. The predicted molar refractivity (Wildman–Crippen MR) is 98.1 cm³/mol. The van der Waals surface area contributed by atoms with Crippen molar-refractivity contribution in [3.8, 4) is 17.0 Å². The molecule has 2 heterocycles. The van der Waals surface area contributed by atoms with E-state index in [4.69, 9.17) is 16.3 Å². The molecule has 2 amide bonds. The summed E-state index contributed by atoms with van der Waals surface area (Å²) in [6, 6.07) is 5.41. The van der Waals surface area contributed by atoms with Gasteiger partial charge in [0.2, 0.25) is 11.8 Å². The molecular formula is C17H18ClN3O3S. The Morgan fingerprint density at radius 2 is 2.32 bits per heavy atom. The zero-order valence-corrected chi connectivity index (χ0v) is 15.5. The Kier molecular flexibility index (Phi) is 5.24. The second-order valence-electron chi connectivity index (χ2n) is 5.71. The van der Waals surface area contributed by atoms with Crippen molar-refractivity contribution in [3.63, 3.8) is 0 Å². The quantitative estimate of drug-likeness (QED) is 0.865. The summed E-state index contributed by atoms with van der Waals surface area (Å²) in [7, 11) is 1.56. The first kappa shape index (κ1) is 17.7. The number of nitrogens with one attached hydrogen (secondary N) is 1. The second-order valence-corrected chi connectivity index (χ2v) is 6.98. The molecule has 25 heavy (non-hydrogen) atoms. The summed E-state index contributed by atoms with van der Waals surface area (Å²) in [5.41, 5.74) is 1.57. The van der Waals surface area contributed by atoms with Gasteiger partial charge in [-0.15, -0.1) is 11.3 Å². The van der Waals surface area contributed by atoms with Crippen LogP contribution in [0, 0.1) is 5.92 Å². The van der Waals surface area contributed by atoms with Crippen LogP contribution in [0.25, 0.3) is 11.3 Å². The van der Waals surface area contributed by atoms with Gasteiger partial charge in [-0.3, -0.25) is 9.59 Å². The fourth-order valence-corrected chi connectivity index (χ4v) is 3.73. The monoisotopic (exact) mass is 379 g/mol. The van der Waals surface area contributed by atoms with Crippen LogP contribution in [0.15, 0.2) is 23.6 Å². The lowest BCUT2D eigenvalue weighted by molar-refractivity contribution is -0.128. The molecule has 0 saturated carbocycles. The van der Waals surface area contributed by atoms with E-state index in [9.17, 15) is 9.59 Å². The first-order chi connectivity index (χ1) is 12.0. The van der Waals surface area contributed by atoms with E-state index in [0.717, 1.165) is 11.3 Å². The van der Waals surface area contributed by atoms with Crippen LogP contribution in [-0.4, -0.2) is 41.9 Å². The Morgan fingerprint density at radius 3 is 2.96 bits per heavy atom. The van der Waals surface area contributed by atoms with Gasteiger partial charge in [0.05, 0.1) is 23.7 Å². The number of methoxy groups -OCH3 is 1. The van der Waals surface area contributed by atoms with Gasteiger partial charge in [-0.05, 0) is 25.1 Å². The maximum atomic E-state index is 12.3. The average molecular weight is 380 g/mol. The molecule has 8 heteroatoms. The van der Waals surface area contributed by atoms with E-state index in [1.165, 1.54) is 11.3 Å². The molecule has 2 aromatic rings. The molecule has 1 fully saturated rings. The number of hydrogen-bond donors (Lipinski definition) is 1. The molecule has 0 unspecified atom stereocenters. The van der Waals surface area contributed by atoms with Gasteiger partial charge < -0.3 is 15.0 Å². The normalized spacial score (nSPS) is 17.0. The lowest BCUT2D eigenvalue weighted by atomic mass is 10.1. The van der Waals surface area contributed by atoms with E-state index >= 15 is 0 Å². The van der Waals surface area contributed by atoms with E-state index in [1.54, 1.807) is 24.1 Å². The molecule has 3 rings (SSSR count). The summed E-state index contributed by atoms with van der Waals surface area (Å²) in [6.07, 6.45) is 0.256. The van der Waals surface area contributed by atoms with Crippen molar-refractivity contribution in [1.82, 2.24) is 9.88 Å². The molecule has 1 aromatic carbocycles. The lowest BCUT2D eigenvalue weighted by Crippen LogP contribution is -2.28. The van der Waals surface area contributed by atoms with Gasteiger partial charge in [0.1, 0.15) is 5.75 Å². The number of hydrogen-bond acceptors (Lipinski definition) is 5. The van der Waals surface area contributed by atoms with Crippen LogP contribution in [-0.2, 0) is 9.59 Å². The van der Waals surface area contributed by atoms with Gasteiger partial charge in [0.25, 0.3) is 0 Å². The van der Waals surface area contributed by atoms with E-state index in [0.29, 0.717) is 29.0 Å². The molecule has 1 aliphatic rings. The van der Waals surface area contributed by atoms with Crippen LogP contribution in [0.3, 0.4) is 0 Å². The molecule has 0 bridgehead atoms. The summed E-state index contributed by atoms with van der Waals surface area (Å²) in [5, 5.41) is 5.67. The fraction of sp³-hybridized carbons (Fsp3) is 0.353. The molecule has 1 atom stereocenters. The van der Waals surface area contributed by atoms with Crippen LogP contribution in [0.4, 0.5) is 5.13 Å². The topological polar surface area (TPSA) is 71.5 Å². The Labute approximate surface area is 154 Å². The number of thiazole rings is 1. The van der Waals surface area contributed by atoms with Gasteiger partial charge in [0, 0.05) is 30.5 Å². The minimum Gasteiger partial charge on any atom is -0.495 e. The van der Waals surface area contributed by atoms with Gasteiger partial charge in [-0.25, -0.2) is 4.98 Å². The number of aromatic nitrogens is 1. The van der Waals surface area contributed by atoms with Crippen molar-refractivity contribution < 1.29 is 14.3 Å². The molecule has 1 aliphatic heterocycles. The molecular weight excluding hydrogens is 362 g/mol. The number of carbonyl (C=O) groups excluding carboxylic acids is 2. The number of ether oxygens (including phenoxy) is 1. The van der Waals surface area contributed by atoms with Crippen molar-refractivity contribution in [1.29, 1.82) is 0 Å². The number of likely N-dealkylation sites (tertiary alicyclic amines) is 1. The van der Waals surface area contributed by atoms with Crippen LogP contribution in [0.5, 0.6) is 5.75 Å². The number of halogens is 1. The molecule has 1 N–H and O–H groups in total. The van der Waals surface area contributed by atoms with Crippen molar-refractivity contribution in [2.24, 2.45) is 5.92 Å². The number of anilines is 1. The van der Waals surface area contributed by atoms with Crippen molar-refractivity contribution in [2.75, 3.05) is 25.5 Å². The number of nitrogens with zero attached hydrogens (tertiary/aromatic N) is 2. The van der Waals surface area contributed by atoms with Crippen molar-refractivity contribution >= 4 is 39.9 Å². The number of benzene rings is 1. The Morgan fingerprint density at radius 1 is 1.52 bits per heavy atom. The summed E-state index contributed by atoms with van der Waals surface area (Å²) < 4.78 is 5.14. The number of carbonyl (C=O) groups is 2. The van der Waals surface area contributed by atoms with Crippen LogP contribution in [0.1, 0.15) is 13.3 Å². The third kappa shape index (κ3) is 3.77. The molecule has 0 spiro atoms. The minimum atomic E-state index is -0.324. The zero-order valence-electron chi connectivity index (χ0n) is 13.9.